The van der Waals surface area contributed by atoms with Crippen molar-refractivity contribution in [3.05, 3.63) is 34.6 Å². The van der Waals surface area contributed by atoms with Crippen LogP contribution in [-0.2, 0) is 6.54 Å². The minimum absolute atomic E-state index is 0.00152. The molecule has 84 valence electrons. The maximum Gasteiger partial charge on any atom is 0.328 e. The molecule has 0 unspecified atom stereocenters. The van der Waals surface area contributed by atoms with Gasteiger partial charge in [0.15, 0.2) is 5.82 Å². The fourth-order valence-electron chi connectivity index (χ4n) is 1.73. The summed E-state index contributed by atoms with van der Waals surface area (Å²) in [7, 11) is 0. The molecule has 0 bridgehead atoms. The second-order valence-corrected chi connectivity index (χ2v) is 4.08. The molecule has 16 heavy (non-hydrogen) atoms. The molecule has 0 spiro atoms. The fourth-order valence-corrected chi connectivity index (χ4v) is 1.73. The predicted octanol–water partition coefficient (Wildman–Crippen LogP) is 0.724. The average Bonchev–Trinajstić information content (AvgIpc) is 2.93. The molecule has 6 nitrogen and oxygen atoms in total. The molecule has 0 saturated heterocycles. The monoisotopic (exact) mass is 220 g/mol. The van der Waals surface area contributed by atoms with E-state index in [1.807, 2.05) is 6.20 Å². The highest BCUT2D eigenvalue weighted by Crippen LogP contribution is 2.33. The van der Waals surface area contributed by atoms with Crippen LogP contribution in [0.2, 0.25) is 0 Å². The number of aryl methyl sites for hydroxylation is 1. The van der Waals surface area contributed by atoms with Crippen molar-refractivity contribution in [1.29, 1.82) is 0 Å². The summed E-state index contributed by atoms with van der Waals surface area (Å²) in [5.41, 5.74) is -0.00152. The number of imidazole rings is 1. The van der Waals surface area contributed by atoms with Crippen LogP contribution in [0.5, 0.6) is 0 Å². The molecule has 0 radical (unpaired) electrons. The molecule has 2 aromatic heterocycles. The van der Waals surface area contributed by atoms with Gasteiger partial charge in [-0.1, -0.05) is 5.16 Å². The predicted molar refractivity (Wildman–Crippen MR) is 55.1 cm³/mol. The van der Waals surface area contributed by atoms with Gasteiger partial charge < -0.3 is 4.52 Å². The fraction of sp³-hybridized carbons (Fsp3) is 0.500. The third-order valence-electron chi connectivity index (χ3n) is 2.69. The Morgan fingerprint density at radius 1 is 1.50 bits per heavy atom. The average molecular weight is 220 g/mol. The van der Waals surface area contributed by atoms with Gasteiger partial charge in [-0.05, 0) is 19.8 Å². The molecule has 0 aromatic carbocycles. The Kier molecular flexibility index (Phi) is 1.95. The minimum Gasteiger partial charge on any atom is -0.337 e. The van der Waals surface area contributed by atoms with E-state index in [-0.39, 0.29) is 5.69 Å². The first-order valence-electron chi connectivity index (χ1n) is 5.30. The topological polar surface area (TPSA) is 65.8 Å². The van der Waals surface area contributed by atoms with E-state index in [4.69, 9.17) is 4.52 Å². The molecule has 0 amide bonds. The molecule has 1 aliphatic rings. The SMILES string of the molecule is Cc1noc(Cn2ccn(C3CC3)c2=O)n1. The summed E-state index contributed by atoms with van der Waals surface area (Å²) in [5, 5.41) is 3.69. The van der Waals surface area contributed by atoms with Crippen LogP contribution in [0.25, 0.3) is 0 Å². The Hall–Kier alpha value is -1.85. The zero-order valence-electron chi connectivity index (χ0n) is 8.96. The number of rotatable bonds is 3. The van der Waals surface area contributed by atoms with Crippen molar-refractivity contribution in [2.75, 3.05) is 0 Å². The van der Waals surface area contributed by atoms with Crippen molar-refractivity contribution in [1.82, 2.24) is 19.3 Å². The summed E-state index contributed by atoms with van der Waals surface area (Å²) in [6.07, 6.45) is 5.79. The van der Waals surface area contributed by atoms with Crippen molar-refractivity contribution < 1.29 is 4.52 Å². The summed E-state index contributed by atoms with van der Waals surface area (Å²) >= 11 is 0. The molecule has 3 rings (SSSR count). The first-order chi connectivity index (χ1) is 7.74. The molecule has 0 aliphatic heterocycles. The Morgan fingerprint density at radius 2 is 2.31 bits per heavy atom. The van der Waals surface area contributed by atoms with Gasteiger partial charge in [-0.15, -0.1) is 0 Å². The smallest absolute Gasteiger partial charge is 0.328 e. The summed E-state index contributed by atoms with van der Waals surface area (Å²) in [6.45, 7) is 2.10. The lowest BCUT2D eigenvalue weighted by Crippen LogP contribution is -2.23. The highest BCUT2D eigenvalue weighted by Gasteiger charge is 2.25. The van der Waals surface area contributed by atoms with Gasteiger partial charge in [0.25, 0.3) is 0 Å². The van der Waals surface area contributed by atoms with E-state index in [0.29, 0.717) is 24.3 Å². The highest BCUT2D eigenvalue weighted by molar-refractivity contribution is 4.94. The van der Waals surface area contributed by atoms with Crippen LogP contribution >= 0.6 is 0 Å². The first-order valence-corrected chi connectivity index (χ1v) is 5.30. The van der Waals surface area contributed by atoms with Crippen LogP contribution in [-0.4, -0.2) is 19.3 Å². The zero-order valence-corrected chi connectivity index (χ0v) is 8.96. The lowest BCUT2D eigenvalue weighted by Gasteiger charge is -1.96. The van der Waals surface area contributed by atoms with Gasteiger partial charge >= 0.3 is 5.69 Å². The standard InChI is InChI=1S/C10H12N4O2/c1-7-11-9(16-12-7)6-13-4-5-14(10(13)15)8-2-3-8/h4-5,8H,2-3,6H2,1H3. The van der Waals surface area contributed by atoms with Crippen molar-refractivity contribution in [2.45, 2.75) is 32.4 Å². The number of nitrogens with zero attached hydrogens (tertiary/aromatic N) is 4. The van der Waals surface area contributed by atoms with Crippen LogP contribution in [0, 0.1) is 6.92 Å². The van der Waals surface area contributed by atoms with Crippen molar-refractivity contribution in [2.24, 2.45) is 0 Å². The van der Waals surface area contributed by atoms with Gasteiger partial charge in [0, 0.05) is 18.4 Å². The van der Waals surface area contributed by atoms with Gasteiger partial charge in [-0.2, -0.15) is 4.98 Å². The number of aromatic nitrogens is 4. The van der Waals surface area contributed by atoms with Crippen molar-refractivity contribution in [3.63, 3.8) is 0 Å². The third-order valence-corrected chi connectivity index (χ3v) is 2.69. The zero-order chi connectivity index (χ0) is 11.1. The van der Waals surface area contributed by atoms with Gasteiger partial charge in [0.1, 0.15) is 6.54 Å². The van der Waals surface area contributed by atoms with E-state index in [0.717, 1.165) is 12.8 Å². The normalized spacial score (nSPS) is 15.6. The van der Waals surface area contributed by atoms with Crippen LogP contribution in [0.4, 0.5) is 0 Å². The van der Waals surface area contributed by atoms with Gasteiger partial charge in [0.05, 0.1) is 0 Å². The summed E-state index contributed by atoms with van der Waals surface area (Å²) in [4.78, 5) is 16.0. The van der Waals surface area contributed by atoms with Crippen molar-refractivity contribution >= 4 is 0 Å². The highest BCUT2D eigenvalue weighted by atomic mass is 16.5. The Morgan fingerprint density at radius 3 is 2.94 bits per heavy atom. The van der Waals surface area contributed by atoms with E-state index in [1.54, 1.807) is 22.3 Å². The van der Waals surface area contributed by atoms with Crippen LogP contribution in [0.1, 0.15) is 30.6 Å². The van der Waals surface area contributed by atoms with Gasteiger partial charge in [-0.25, -0.2) is 4.79 Å². The Balaban J connectivity index is 1.87. The van der Waals surface area contributed by atoms with E-state index >= 15 is 0 Å². The van der Waals surface area contributed by atoms with Crippen LogP contribution in [0.3, 0.4) is 0 Å². The van der Waals surface area contributed by atoms with Gasteiger partial charge in [0.2, 0.25) is 5.89 Å². The Labute approximate surface area is 91.5 Å². The largest absolute Gasteiger partial charge is 0.337 e. The molecule has 6 heteroatoms. The maximum absolute atomic E-state index is 11.9. The van der Waals surface area contributed by atoms with Crippen molar-refractivity contribution in [3.8, 4) is 0 Å². The maximum atomic E-state index is 11.9. The van der Waals surface area contributed by atoms with E-state index in [9.17, 15) is 4.79 Å². The molecule has 1 saturated carbocycles. The molecule has 2 aromatic rings. The second-order valence-electron chi connectivity index (χ2n) is 4.08. The quantitative estimate of drug-likeness (QED) is 0.764. The first kappa shape index (κ1) is 9.38. The molecular weight excluding hydrogens is 208 g/mol. The number of hydrogen-bond donors (Lipinski definition) is 0. The summed E-state index contributed by atoms with van der Waals surface area (Å²) in [5.74, 6) is 1.05. The third kappa shape index (κ3) is 1.56. The Bertz CT molecular complexity index is 561. The minimum atomic E-state index is -0.00152. The van der Waals surface area contributed by atoms with Crippen LogP contribution in [0.15, 0.2) is 21.7 Å². The number of hydrogen-bond acceptors (Lipinski definition) is 4. The lowest BCUT2D eigenvalue weighted by molar-refractivity contribution is 0.365. The lowest BCUT2D eigenvalue weighted by atomic mass is 10.6. The van der Waals surface area contributed by atoms with E-state index in [2.05, 4.69) is 10.1 Å². The van der Waals surface area contributed by atoms with E-state index in [1.165, 1.54) is 0 Å². The molecule has 2 heterocycles. The molecule has 1 fully saturated rings. The second kappa shape index (κ2) is 3.33. The molecule has 0 atom stereocenters. The van der Waals surface area contributed by atoms with Crippen LogP contribution < -0.4 is 5.69 Å². The molecular formula is C10H12N4O2. The van der Waals surface area contributed by atoms with E-state index < -0.39 is 0 Å². The summed E-state index contributed by atoms with van der Waals surface area (Å²) < 4.78 is 8.33. The van der Waals surface area contributed by atoms with Gasteiger partial charge in [-0.3, -0.25) is 9.13 Å². The molecule has 0 N–H and O–H groups in total. The summed E-state index contributed by atoms with van der Waals surface area (Å²) in [6, 6.07) is 0.401. The molecule has 1 aliphatic carbocycles.